The molecular formula is C16H29NOSi. The molecule has 1 aliphatic heterocycles. The van der Waals surface area contributed by atoms with E-state index in [4.69, 9.17) is 0 Å². The topological polar surface area (TPSA) is 32.3 Å². The largest absolute Gasteiger partial charge is 0.376 e. The minimum Gasteiger partial charge on any atom is -0.376 e. The van der Waals surface area contributed by atoms with Crippen molar-refractivity contribution < 1.29 is 5.11 Å². The SMILES string of the molecule is CC(C)=CCC[C@@](O)(C#C[Si](C)(C)C)[C@H]1CCCN1. The average Bonchev–Trinajstić information content (AvgIpc) is 2.79. The van der Waals surface area contributed by atoms with Crippen molar-refractivity contribution in [3.63, 3.8) is 0 Å². The minimum absolute atomic E-state index is 0.141. The number of nitrogens with one attached hydrogen (secondary N) is 1. The van der Waals surface area contributed by atoms with Gasteiger partial charge in [0.15, 0.2) is 0 Å². The molecule has 2 N–H and O–H groups in total. The van der Waals surface area contributed by atoms with Crippen molar-refractivity contribution in [3.8, 4) is 11.5 Å². The van der Waals surface area contributed by atoms with E-state index in [2.05, 4.69) is 56.3 Å². The number of hydrogen-bond acceptors (Lipinski definition) is 2. The van der Waals surface area contributed by atoms with Crippen LogP contribution >= 0.6 is 0 Å². The van der Waals surface area contributed by atoms with Crippen LogP contribution in [0.25, 0.3) is 0 Å². The van der Waals surface area contributed by atoms with Gasteiger partial charge in [-0.15, -0.1) is 5.54 Å². The molecule has 2 atom stereocenters. The normalized spacial score (nSPS) is 22.3. The van der Waals surface area contributed by atoms with Gasteiger partial charge in [-0.2, -0.15) is 0 Å². The van der Waals surface area contributed by atoms with Gasteiger partial charge in [0.1, 0.15) is 13.7 Å². The molecule has 0 saturated carbocycles. The van der Waals surface area contributed by atoms with Crippen molar-refractivity contribution in [1.82, 2.24) is 5.32 Å². The Morgan fingerprint density at radius 2 is 2.11 bits per heavy atom. The van der Waals surface area contributed by atoms with Crippen molar-refractivity contribution in [2.75, 3.05) is 6.54 Å². The third-order valence-electron chi connectivity index (χ3n) is 3.37. The highest BCUT2D eigenvalue weighted by Gasteiger charge is 2.36. The summed E-state index contributed by atoms with van der Waals surface area (Å²) < 4.78 is 0. The summed E-state index contributed by atoms with van der Waals surface area (Å²) in [6.45, 7) is 11.9. The molecule has 19 heavy (non-hydrogen) atoms. The summed E-state index contributed by atoms with van der Waals surface area (Å²) in [6, 6.07) is 0.141. The van der Waals surface area contributed by atoms with Gasteiger partial charge in [-0.25, -0.2) is 0 Å². The molecule has 0 radical (unpaired) electrons. The molecule has 1 saturated heterocycles. The predicted octanol–water partition coefficient (Wildman–Crippen LogP) is 3.10. The molecule has 1 fully saturated rings. The van der Waals surface area contributed by atoms with Crippen LogP contribution in [0.1, 0.15) is 39.5 Å². The van der Waals surface area contributed by atoms with Gasteiger partial charge in [-0.1, -0.05) is 37.2 Å². The molecule has 0 amide bonds. The Balaban J connectivity index is 2.82. The Morgan fingerprint density at radius 1 is 1.42 bits per heavy atom. The van der Waals surface area contributed by atoms with Gasteiger partial charge in [-0.05, 0) is 46.1 Å². The van der Waals surface area contributed by atoms with Gasteiger partial charge < -0.3 is 10.4 Å². The zero-order chi connectivity index (χ0) is 14.5. The van der Waals surface area contributed by atoms with Crippen LogP contribution in [0.5, 0.6) is 0 Å². The molecule has 0 unspecified atom stereocenters. The first kappa shape index (κ1) is 16.5. The zero-order valence-electron chi connectivity index (χ0n) is 13.1. The van der Waals surface area contributed by atoms with Gasteiger partial charge in [0.2, 0.25) is 0 Å². The number of allylic oxidation sites excluding steroid dienone is 2. The van der Waals surface area contributed by atoms with Gasteiger partial charge in [0, 0.05) is 6.04 Å². The predicted molar refractivity (Wildman–Crippen MR) is 85.8 cm³/mol. The van der Waals surface area contributed by atoms with E-state index in [1.54, 1.807) is 0 Å². The number of hydrogen-bond donors (Lipinski definition) is 2. The Hall–Kier alpha value is -0.563. The first-order valence-corrected chi connectivity index (χ1v) is 10.9. The van der Waals surface area contributed by atoms with E-state index in [-0.39, 0.29) is 6.04 Å². The molecule has 0 aromatic carbocycles. The Morgan fingerprint density at radius 3 is 2.58 bits per heavy atom. The van der Waals surface area contributed by atoms with E-state index < -0.39 is 13.7 Å². The molecule has 0 spiro atoms. The smallest absolute Gasteiger partial charge is 0.140 e. The van der Waals surface area contributed by atoms with Crippen LogP contribution in [-0.2, 0) is 0 Å². The lowest BCUT2D eigenvalue weighted by molar-refractivity contribution is 0.0574. The van der Waals surface area contributed by atoms with Crippen LogP contribution < -0.4 is 5.32 Å². The van der Waals surface area contributed by atoms with Crippen molar-refractivity contribution in [3.05, 3.63) is 11.6 Å². The van der Waals surface area contributed by atoms with E-state index in [0.717, 1.165) is 32.2 Å². The molecule has 1 heterocycles. The second kappa shape index (κ2) is 6.74. The van der Waals surface area contributed by atoms with Crippen LogP contribution in [0.15, 0.2) is 11.6 Å². The van der Waals surface area contributed by atoms with E-state index in [1.807, 2.05) is 0 Å². The Kier molecular flexibility index (Phi) is 5.85. The van der Waals surface area contributed by atoms with Crippen molar-refractivity contribution in [1.29, 1.82) is 0 Å². The van der Waals surface area contributed by atoms with Gasteiger partial charge >= 0.3 is 0 Å². The molecule has 2 nitrogen and oxygen atoms in total. The van der Waals surface area contributed by atoms with E-state index >= 15 is 0 Å². The molecule has 0 aromatic heterocycles. The maximum absolute atomic E-state index is 10.9. The third-order valence-corrected chi connectivity index (χ3v) is 4.24. The minimum atomic E-state index is -1.44. The van der Waals surface area contributed by atoms with E-state index in [9.17, 15) is 5.11 Å². The molecule has 108 valence electrons. The van der Waals surface area contributed by atoms with Crippen LogP contribution in [0.4, 0.5) is 0 Å². The summed E-state index contributed by atoms with van der Waals surface area (Å²) in [5.41, 5.74) is 3.80. The second-order valence-corrected chi connectivity index (χ2v) is 11.6. The number of rotatable bonds is 4. The van der Waals surface area contributed by atoms with Crippen LogP contribution in [0, 0.1) is 11.5 Å². The van der Waals surface area contributed by atoms with Crippen molar-refractivity contribution in [2.24, 2.45) is 0 Å². The van der Waals surface area contributed by atoms with Crippen molar-refractivity contribution in [2.45, 2.75) is 70.8 Å². The fraction of sp³-hybridized carbons (Fsp3) is 0.750. The molecular weight excluding hydrogens is 250 g/mol. The van der Waals surface area contributed by atoms with E-state index in [1.165, 1.54) is 5.57 Å². The summed E-state index contributed by atoms with van der Waals surface area (Å²) in [6.07, 6.45) is 6.00. The first-order chi connectivity index (χ1) is 8.73. The lowest BCUT2D eigenvalue weighted by Crippen LogP contribution is -2.47. The Bertz CT molecular complexity index is 376. The maximum Gasteiger partial charge on any atom is 0.140 e. The summed E-state index contributed by atoms with van der Waals surface area (Å²) in [4.78, 5) is 0. The molecule has 1 aliphatic rings. The van der Waals surface area contributed by atoms with Crippen LogP contribution in [0.2, 0.25) is 19.6 Å². The molecule has 3 heteroatoms. The monoisotopic (exact) mass is 279 g/mol. The third kappa shape index (κ3) is 5.95. The van der Waals surface area contributed by atoms with Crippen LogP contribution in [-0.4, -0.2) is 31.4 Å². The molecule has 0 aliphatic carbocycles. The highest BCUT2D eigenvalue weighted by molar-refractivity contribution is 6.83. The van der Waals surface area contributed by atoms with Crippen molar-refractivity contribution >= 4 is 8.07 Å². The molecule has 1 rings (SSSR count). The quantitative estimate of drug-likeness (QED) is 0.471. The Labute approximate surface area is 119 Å². The summed E-state index contributed by atoms with van der Waals surface area (Å²) in [7, 11) is -1.44. The van der Waals surface area contributed by atoms with Gasteiger partial charge in [0.25, 0.3) is 0 Å². The summed E-state index contributed by atoms with van der Waals surface area (Å²) >= 11 is 0. The highest BCUT2D eigenvalue weighted by Crippen LogP contribution is 2.24. The first-order valence-electron chi connectivity index (χ1n) is 7.36. The van der Waals surface area contributed by atoms with Gasteiger partial charge in [-0.3, -0.25) is 0 Å². The maximum atomic E-state index is 10.9. The summed E-state index contributed by atoms with van der Waals surface area (Å²) in [5.74, 6) is 3.23. The zero-order valence-corrected chi connectivity index (χ0v) is 14.1. The average molecular weight is 279 g/mol. The van der Waals surface area contributed by atoms with Crippen LogP contribution in [0.3, 0.4) is 0 Å². The second-order valence-electron chi connectivity index (χ2n) is 6.89. The standard InChI is InChI=1S/C16H29NOSi/c1-14(2)8-6-10-16(18,11-13-19(3,4)5)15-9-7-12-17-15/h8,15,17-18H,6-7,9-10,12H2,1-5H3/t15-,16-/m1/s1. The lowest BCUT2D eigenvalue weighted by Gasteiger charge is -2.29. The fourth-order valence-corrected chi connectivity index (χ4v) is 2.88. The number of aliphatic hydroxyl groups is 1. The molecule has 0 bridgehead atoms. The van der Waals surface area contributed by atoms with Gasteiger partial charge in [0.05, 0.1) is 0 Å². The highest BCUT2D eigenvalue weighted by atomic mass is 28.3. The van der Waals surface area contributed by atoms with E-state index in [0.29, 0.717) is 0 Å². The lowest BCUT2D eigenvalue weighted by atomic mass is 9.88. The fourth-order valence-electron chi connectivity index (χ4n) is 2.29. The summed E-state index contributed by atoms with van der Waals surface area (Å²) in [5, 5.41) is 14.4. The molecule has 0 aromatic rings.